The molecule has 0 N–H and O–H groups in total. The maximum Gasteiger partial charge on any atom is 0.496 e. The summed E-state index contributed by atoms with van der Waals surface area (Å²) < 4.78 is 12.0. The Bertz CT molecular complexity index is 947. The molecule has 2 aromatic rings. The van der Waals surface area contributed by atoms with E-state index in [2.05, 4.69) is 79.7 Å². The smallest absolute Gasteiger partial charge is 0.402 e. The Hall–Kier alpha value is -1.65. The molecular weight excluding hydrogens is 393 g/mol. The number of benzene rings is 1. The van der Waals surface area contributed by atoms with Crippen molar-refractivity contribution in [3.8, 4) is 0 Å². The van der Waals surface area contributed by atoms with Crippen molar-refractivity contribution in [3.63, 3.8) is 0 Å². The van der Waals surface area contributed by atoms with E-state index in [4.69, 9.17) is 14.3 Å². The third-order valence-electron chi connectivity index (χ3n) is 7.52. The predicted molar refractivity (Wildman–Crippen MR) is 136 cm³/mol. The highest BCUT2D eigenvalue weighted by Gasteiger charge is 2.44. The summed E-state index contributed by atoms with van der Waals surface area (Å²) in [5, 5.41) is 0. The van der Waals surface area contributed by atoms with Gasteiger partial charge in [-0.15, -0.1) is 0 Å². The van der Waals surface area contributed by atoms with E-state index in [9.17, 15) is 0 Å². The summed E-state index contributed by atoms with van der Waals surface area (Å²) in [6.45, 7) is 22.0. The van der Waals surface area contributed by atoms with Crippen molar-refractivity contribution in [1.82, 2.24) is 4.98 Å². The van der Waals surface area contributed by atoms with Crippen LogP contribution in [0.5, 0.6) is 0 Å². The van der Waals surface area contributed by atoms with E-state index < -0.39 is 0 Å². The summed E-state index contributed by atoms with van der Waals surface area (Å²) in [6.07, 6.45) is 5.31. The van der Waals surface area contributed by atoms with Crippen LogP contribution in [-0.4, -0.2) is 23.8 Å². The van der Waals surface area contributed by atoms with E-state index in [1.54, 1.807) is 0 Å². The van der Waals surface area contributed by atoms with Gasteiger partial charge in [0, 0.05) is 23.8 Å². The van der Waals surface area contributed by atoms with Gasteiger partial charge in [-0.2, -0.15) is 0 Å². The first-order valence-corrected chi connectivity index (χ1v) is 12.3. The minimum atomic E-state index is -0.329. The zero-order chi connectivity index (χ0) is 23.9. The zero-order valence-electron chi connectivity index (χ0n) is 21.9. The predicted octanol–water partition coefficient (Wildman–Crippen LogP) is 6.27. The van der Waals surface area contributed by atoms with Crippen LogP contribution < -0.4 is 5.46 Å². The molecule has 1 atom stereocenters. The van der Waals surface area contributed by atoms with Crippen LogP contribution in [0, 0.1) is 6.92 Å². The van der Waals surface area contributed by atoms with Crippen molar-refractivity contribution in [2.24, 2.45) is 0 Å². The van der Waals surface area contributed by atoms with Crippen LogP contribution in [0.15, 0.2) is 30.5 Å². The lowest BCUT2D eigenvalue weighted by Crippen LogP contribution is -2.35. The number of hydrogen-bond donors (Lipinski definition) is 0. The number of aromatic nitrogens is 1. The van der Waals surface area contributed by atoms with Crippen LogP contribution in [0.4, 0.5) is 0 Å². The minimum Gasteiger partial charge on any atom is -0.402 e. The average Bonchev–Trinajstić information content (AvgIpc) is 3.01. The van der Waals surface area contributed by atoms with Gasteiger partial charge >= 0.3 is 7.12 Å². The second-order valence-electron chi connectivity index (χ2n) is 11.2. The number of fused-ring (bicyclic) bond motifs is 1. The van der Waals surface area contributed by atoms with E-state index in [0.717, 1.165) is 17.6 Å². The highest BCUT2D eigenvalue weighted by atomic mass is 16.7. The molecular formula is C28H42BNO2. The fourth-order valence-electron chi connectivity index (χ4n) is 4.73. The lowest BCUT2D eigenvalue weighted by atomic mass is 9.62. The lowest BCUT2D eigenvalue weighted by molar-refractivity contribution is 0.0842. The van der Waals surface area contributed by atoms with Crippen molar-refractivity contribution in [1.29, 1.82) is 0 Å². The standard InChI is InChI=1S/C26H36BNO2.C2H6/c1-17-13-22-23(25(5,6)12-11-24(22,3)4)15-19(17)14-21-10-9-20(16-28-21)27-29-18(2)26(7,8)30-27;1-2/h9-10,13,15-16,18H,11-12,14H2,1-8H3;1-2H3. The normalized spacial score (nSPS) is 22.7. The maximum atomic E-state index is 6.07. The highest BCUT2D eigenvalue weighted by molar-refractivity contribution is 6.61. The fourth-order valence-corrected chi connectivity index (χ4v) is 4.73. The van der Waals surface area contributed by atoms with E-state index >= 15 is 0 Å². The van der Waals surface area contributed by atoms with Gasteiger partial charge in [0.05, 0.1) is 11.7 Å². The van der Waals surface area contributed by atoms with Crippen LogP contribution in [-0.2, 0) is 26.6 Å². The minimum absolute atomic E-state index is 0.0629. The molecule has 1 aliphatic heterocycles. The van der Waals surface area contributed by atoms with Crippen molar-refractivity contribution >= 4 is 12.6 Å². The number of aryl methyl sites for hydroxylation is 1. The first kappa shape index (κ1) is 25.0. The molecule has 2 heterocycles. The third kappa shape index (κ3) is 4.82. The quantitative estimate of drug-likeness (QED) is 0.533. The summed E-state index contributed by atoms with van der Waals surface area (Å²) in [5.41, 5.74) is 8.05. The van der Waals surface area contributed by atoms with Gasteiger partial charge in [-0.25, -0.2) is 0 Å². The first-order chi connectivity index (χ1) is 14.9. The molecule has 0 amide bonds. The molecule has 1 saturated heterocycles. The molecule has 0 saturated carbocycles. The van der Waals surface area contributed by atoms with Gasteiger partial charge in [-0.3, -0.25) is 4.98 Å². The number of hydrogen-bond acceptors (Lipinski definition) is 3. The second kappa shape index (κ2) is 8.95. The number of pyridine rings is 1. The highest BCUT2D eigenvalue weighted by Crippen LogP contribution is 2.46. The van der Waals surface area contributed by atoms with Crippen molar-refractivity contribution < 1.29 is 9.31 Å². The second-order valence-corrected chi connectivity index (χ2v) is 11.2. The Morgan fingerprint density at radius 3 is 2.06 bits per heavy atom. The molecule has 2 aliphatic rings. The largest absolute Gasteiger partial charge is 0.496 e. The Kier molecular flexibility index (Phi) is 6.99. The summed E-state index contributed by atoms with van der Waals surface area (Å²) in [4.78, 5) is 4.75. The van der Waals surface area contributed by atoms with Crippen molar-refractivity contribution in [2.45, 2.75) is 111 Å². The first-order valence-electron chi connectivity index (χ1n) is 12.3. The van der Waals surface area contributed by atoms with Gasteiger partial charge in [-0.05, 0) is 79.7 Å². The lowest BCUT2D eigenvalue weighted by Gasteiger charge is -2.42. The molecule has 1 aromatic carbocycles. The molecule has 4 rings (SSSR count). The SMILES string of the molecule is CC.Cc1cc2c(cc1Cc1ccc(B3OC(C)C(C)(C)O3)cn1)C(C)(C)CCC2(C)C. The van der Waals surface area contributed by atoms with Gasteiger partial charge in [-0.1, -0.05) is 59.7 Å². The number of rotatable bonds is 3. The fraction of sp³-hybridized carbons (Fsp3) is 0.607. The van der Waals surface area contributed by atoms with Gasteiger partial charge in [0.25, 0.3) is 0 Å². The maximum absolute atomic E-state index is 6.07. The molecule has 1 fully saturated rings. The van der Waals surface area contributed by atoms with E-state index in [1.165, 1.54) is 35.1 Å². The molecule has 0 bridgehead atoms. The van der Waals surface area contributed by atoms with Crippen LogP contribution in [0.2, 0.25) is 0 Å². The van der Waals surface area contributed by atoms with Crippen LogP contribution in [0.25, 0.3) is 0 Å². The Labute approximate surface area is 196 Å². The molecule has 3 nitrogen and oxygen atoms in total. The summed E-state index contributed by atoms with van der Waals surface area (Å²) >= 11 is 0. The molecule has 4 heteroatoms. The molecule has 0 spiro atoms. The molecule has 1 unspecified atom stereocenters. The molecule has 1 aromatic heterocycles. The Morgan fingerprint density at radius 1 is 0.969 bits per heavy atom. The van der Waals surface area contributed by atoms with Crippen molar-refractivity contribution in [3.05, 3.63) is 58.4 Å². The van der Waals surface area contributed by atoms with Gasteiger partial charge in [0.1, 0.15) is 0 Å². The monoisotopic (exact) mass is 435 g/mol. The average molecular weight is 435 g/mol. The number of nitrogens with zero attached hydrogens (tertiary/aromatic N) is 1. The summed E-state index contributed by atoms with van der Waals surface area (Å²) in [7, 11) is -0.329. The van der Waals surface area contributed by atoms with Crippen LogP contribution in [0.1, 0.15) is 103 Å². The molecule has 0 radical (unpaired) electrons. The van der Waals surface area contributed by atoms with Gasteiger partial charge in [0.2, 0.25) is 0 Å². The van der Waals surface area contributed by atoms with Gasteiger partial charge < -0.3 is 9.31 Å². The van der Waals surface area contributed by atoms with E-state index in [1.807, 2.05) is 20.0 Å². The summed E-state index contributed by atoms with van der Waals surface area (Å²) in [5.74, 6) is 0. The third-order valence-corrected chi connectivity index (χ3v) is 7.52. The van der Waals surface area contributed by atoms with Crippen LogP contribution in [0.3, 0.4) is 0 Å². The topological polar surface area (TPSA) is 31.4 Å². The molecule has 32 heavy (non-hydrogen) atoms. The van der Waals surface area contributed by atoms with Crippen LogP contribution >= 0.6 is 0 Å². The Morgan fingerprint density at radius 2 is 1.56 bits per heavy atom. The van der Waals surface area contributed by atoms with Gasteiger partial charge in [0.15, 0.2) is 0 Å². The summed E-state index contributed by atoms with van der Waals surface area (Å²) in [6, 6.07) is 9.10. The zero-order valence-corrected chi connectivity index (χ0v) is 21.9. The van der Waals surface area contributed by atoms with E-state index in [-0.39, 0.29) is 29.7 Å². The van der Waals surface area contributed by atoms with E-state index in [0.29, 0.717) is 0 Å². The Balaban J connectivity index is 0.00000141. The molecule has 1 aliphatic carbocycles. The molecule has 174 valence electrons. The van der Waals surface area contributed by atoms with Crippen molar-refractivity contribution in [2.75, 3.05) is 0 Å².